The number of rotatable bonds is 3. The highest BCUT2D eigenvalue weighted by Crippen LogP contribution is 2.30. The quantitative estimate of drug-likeness (QED) is 0.636. The van der Waals surface area contributed by atoms with Gasteiger partial charge in [-0.1, -0.05) is 0 Å². The van der Waals surface area contributed by atoms with Crippen molar-refractivity contribution in [2.75, 3.05) is 24.1 Å². The maximum Gasteiger partial charge on any atom is 0.349 e. The lowest BCUT2D eigenvalue weighted by Gasteiger charge is -2.12. The number of nitrogens with two attached hydrogens (primary N) is 1. The molecule has 3 amide bonds. The summed E-state index contributed by atoms with van der Waals surface area (Å²) in [5.41, 5.74) is 5.42. The molecule has 112 valence electrons. The van der Waals surface area contributed by atoms with Gasteiger partial charge in [0.1, 0.15) is 11.5 Å². The second kappa shape index (κ2) is 5.79. The van der Waals surface area contributed by atoms with Gasteiger partial charge in [-0.3, -0.25) is 15.4 Å². The Hall–Kier alpha value is -2.62. The number of hydrogen-bond donors (Lipinski definition) is 4. The second-order valence-corrected chi connectivity index (χ2v) is 5.21. The van der Waals surface area contributed by atoms with Gasteiger partial charge in [0, 0.05) is 6.54 Å². The molecule has 0 atom stereocenters. The van der Waals surface area contributed by atoms with Gasteiger partial charge in [-0.15, -0.1) is 11.3 Å². The molecule has 1 aromatic rings. The number of guanidine groups is 1. The van der Waals surface area contributed by atoms with Crippen LogP contribution in [0.5, 0.6) is 0 Å². The van der Waals surface area contributed by atoms with Gasteiger partial charge in [0.25, 0.3) is 0 Å². The van der Waals surface area contributed by atoms with Crippen LogP contribution >= 0.6 is 11.3 Å². The molecule has 0 radical (unpaired) electrons. The monoisotopic (exact) mass is 311 g/mol. The predicted molar refractivity (Wildman–Crippen MR) is 77.5 cm³/mol. The highest BCUT2D eigenvalue weighted by molar-refractivity contribution is 7.20. The third-order valence-electron chi connectivity index (χ3n) is 2.68. The zero-order valence-electron chi connectivity index (χ0n) is 11.0. The van der Waals surface area contributed by atoms with E-state index in [1.807, 2.05) is 6.92 Å². The van der Waals surface area contributed by atoms with Crippen molar-refractivity contribution in [3.63, 3.8) is 0 Å². The molecule has 0 aromatic carbocycles. The van der Waals surface area contributed by atoms with Gasteiger partial charge >= 0.3 is 12.0 Å². The van der Waals surface area contributed by atoms with Crippen molar-refractivity contribution in [1.29, 1.82) is 0 Å². The van der Waals surface area contributed by atoms with Crippen LogP contribution in [0.15, 0.2) is 11.1 Å². The first-order valence-corrected chi connectivity index (χ1v) is 6.79. The standard InChI is InChI=1S/C11H13N5O4S/c1-2-16-4-7(17)13-10(16)15-11(20)14-8-5(9(18)19)3-6(12)21-8/h3H,2,4,12H2,1H3,(H,18,19)(H2,13,14,15,17,20). The van der Waals surface area contributed by atoms with Gasteiger partial charge < -0.3 is 15.7 Å². The smallest absolute Gasteiger partial charge is 0.349 e. The number of nitrogens with one attached hydrogen (secondary N) is 2. The van der Waals surface area contributed by atoms with Crippen molar-refractivity contribution in [2.45, 2.75) is 6.92 Å². The molecular weight excluding hydrogens is 298 g/mol. The van der Waals surface area contributed by atoms with Crippen LogP contribution in [0, 0.1) is 0 Å². The molecule has 2 heterocycles. The van der Waals surface area contributed by atoms with E-state index >= 15 is 0 Å². The third kappa shape index (κ3) is 3.28. The van der Waals surface area contributed by atoms with Crippen LogP contribution in [-0.2, 0) is 4.79 Å². The van der Waals surface area contributed by atoms with Crippen molar-refractivity contribution in [2.24, 2.45) is 4.99 Å². The molecule has 0 aliphatic carbocycles. The minimum atomic E-state index is -1.20. The normalized spacial score (nSPS) is 16.1. The first kappa shape index (κ1) is 14.8. The number of aromatic carboxylic acids is 1. The Morgan fingerprint density at radius 1 is 1.62 bits per heavy atom. The average Bonchev–Trinajstić information content (AvgIpc) is 2.92. The van der Waals surface area contributed by atoms with Crippen molar-refractivity contribution in [3.05, 3.63) is 11.6 Å². The van der Waals surface area contributed by atoms with Gasteiger partial charge in [-0.05, 0) is 13.0 Å². The Morgan fingerprint density at radius 3 is 2.95 bits per heavy atom. The second-order valence-electron chi connectivity index (χ2n) is 4.12. The molecule has 0 saturated carbocycles. The van der Waals surface area contributed by atoms with Gasteiger partial charge in [-0.25, -0.2) is 9.59 Å². The first-order valence-electron chi connectivity index (χ1n) is 5.97. The zero-order valence-corrected chi connectivity index (χ0v) is 11.9. The highest BCUT2D eigenvalue weighted by Gasteiger charge is 2.25. The van der Waals surface area contributed by atoms with E-state index in [9.17, 15) is 14.4 Å². The third-order valence-corrected chi connectivity index (χ3v) is 3.56. The van der Waals surface area contributed by atoms with E-state index in [1.54, 1.807) is 4.90 Å². The minimum absolute atomic E-state index is 0.0988. The fraction of sp³-hybridized carbons (Fsp3) is 0.273. The summed E-state index contributed by atoms with van der Waals surface area (Å²) in [5.74, 6) is -1.31. The van der Waals surface area contributed by atoms with Crippen LogP contribution in [0.2, 0.25) is 0 Å². The molecule has 0 spiro atoms. The van der Waals surface area contributed by atoms with Gasteiger partial charge in [0.2, 0.25) is 11.9 Å². The van der Waals surface area contributed by atoms with Crippen molar-refractivity contribution < 1.29 is 19.5 Å². The molecular formula is C11H13N5O4S. The summed E-state index contributed by atoms with van der Waals surface area (Å²) in [4.78, 5) is 39.4. The molecule has 1 saturated heterocycles. The maximum absolute atomic E-state index is 11.8. The Bertz CT molecular complexity index is 639. The average molecular weight is 311 g/mol. The Balaban J connectivity index is 2.15. The lowest BCUT2D eigenvalue weighted by molar-refractivity contribution is -0.118. The molecule has 1 aliphatic heterocycles. The SMILES string of the molecule is CCN1CC(=O)NC1=NC(=O)Nc1sc(N)cc1C(=O)O. The van der Waals surface area contributed by atoms with E-state index in [2.05, 4.69) is 15.6 Å². The molecule has 21 heavy (non-hydrogen) atoms. The predicted octanol–water partition coefficient (Wildman–Crippen LogP) is 0.368. The van der Waals surface area contributed by atoms with E-state index in [-0.39, 0.29) is 34.0 Å². The summed E-state index contributed by atoms with van der Waals surface area (Å²) in [5, 5.41) is 14.2. The lowest BCUT2D eigenvalue weighted by atomic mass is 10.3. The van der Waals surface area contributed by atoms with Crippen LogP contribution in [-0.4, -0.2) is 47.0 Å². The number of carboxylic acids is 1. The highest BCUT2D eigenvalue weighted by atomic mass is 32.1. The number of amides is 3. The molecule has 1 aliphatic rings. The molecule has 10 heteroatoms. The van der Waals surface area contributed by atoms with Crippen LogP contribution < -0.4 is 16.4 Å². The summed E-state index contributed by atoms with van der Waals surface area (Å²) < 4.78 is 0. The number of likely N-dealkylation sites (N-methyl/N-ethyl adjacent to an activating group) is 1. The van der Waals surface area contributed by atoms with Crippen LogP contribution in [0.4, 0.5) is 14.8 Å². The van der Waals surface area contributed by atoms with E-state index in [0.717, 1.165) is 11.3 Å². The largest absolute Gasteiger partial charge is 0.478 e. The minimum Gasteiger partial charge on any atom is -0.478 e. The summed E-state index contributed by atoms with van der Waals surface area (Å²) in [6.45, 7) is 2.46. The van der Waals surface area contributed by atoms with Gasteiger partial charge in [-0.2, -0.15) is 4.99 Å². The molecule has 9 nitrogen and oxygen atoms in total. The number of aliphatic imine (C=N–C) groups is 1. The zero-order chi connectivity index (χ0) is 15.6. The fourth-order valence-electron chi connectivity index (χ4n) is 1.73. The van der Waals surface area contributed by atoms with Crippen molar-refractivity contribution in [3.8, 4) is 0 Å². The number of carbonyl (C=O) groups excluding carboxylic acids is 2. The number of nitrogen functional groups attached to an aromatic ring is 1. The van der Waals surface area contributed by atoms with Crippen molar-refractivity contribution in [1.82, 2.24) is 10.2 Å². The number of nitrogens with zero attached hydrogens (tertiary/aromatic N) is 2. The Kier molecular flexibility index (Phi) is 4.08. The molecule has 1 aromatic heterocycles. The summed E-state index contributed by atoms with van der Waals surface area (Å²) >= 11 is 0.931. The Labute approximate surface area is 123 Å². The molecule has 2 rings (SSSR count). The van der Waals surface area contributed by atoms with E-state index in [4.69, 9.17) is 10.8 Å². The Morgan fingerprint density at radius 2 is 2.33 bits per heavy atom. The van der Waals surface area contributed by atoms with Gasteiger partial charge in [0.05, 0.1) is 10.6 Å². The number of urea groups is 1. The van der Waals surface area contributed by atoms with Crippen LogP contribution in [0.1, 0.15) is 17.3 Å². The molecule has 0 unspecified atom stereocenters. The van der Waals surface area contributed by atoms with Crippen LogP contribution in [0.3, 0.4) is 0 Å². The van der Waals surface area contributed by atoms with E-state index < -0.39 is 12.0 Å². The first-order chi connectivity index (χ1) is 9.90. The van der Waals surface area contributed by atoms with Crippen molar-refractivity contribution >= 4 is 45.2 Å². The number of thiophene rings is 1. The number of carbonyl (C=O) groups is 3. The number of anilines is 2. The van der Waals surface area contributed by atoms with E-state index in [1.165, 1.54) is 6.07 Å². The van der Waals surface area contributed by atoms with E-state index in [0.29, 0.717) is 6.54 Å². The number of hydrogen-bond acceptors (Lipinski definition) is 5. The fourth-order valence-corrected chi connectivity index (χ4v) is 2.54. The maximum atomic E-state index is 11.8. The summed E-state index contributed by atoms with van der Waals surface area (Å²) in [6, 6.07) is 0.473. The summed E-state index contributed by atoms with van der Waals surface area (Å²) in [6.07, 6.45) is 0. The molecule has 1 fully saturated rings. The number of carboxylic acid groups (broad SMARTS) is 1. The molecule has 5 N–H and O–H groups in total. The lowest BCUT2D eigenvalue weighted by Crippen LogP contribution is -2.31. The molecule has 0 bridgehead atoms. The summed E-state index contributed by atoms with van der Waals surface area (Å²) in [7, 11) is 0. The van der Waals surface area contributed by atoms with Crippen LogP contribution in [0.25, 0.3) is 0 Å². The van der Waals surface area contributed by atoms with Gasteiger partial charge in [0.15, 0.2) is 0 Å². The topological polar surface area (TPSA) is 137 Å².